The lowest BCUT2D eigenvalue weighted by molar-refractivity contribution is -0.113. The number of pyridine rings is 1. The van der Waals surface area contributed by atoms with Crippen LogP contribution in [0.15, 0.2) is 87.2 Å². The molecule has 0 aliphatic carbocycles. The third-order valence-electron chi connectivity index (χ3n) is 5.80. The number of thioether (sulfide) groups is 1. The van der Waals surface area contributed by atoms with Crippen LogP contribution >= 0.6 is 27.7 Å². The first-order valence-corrected chi connectivity index (χ1v) is 13.4. The lowest BCUT2D eigenvalue weighted by atomic mass is 10.1. The highest BCUT2D eigenvalue weighted by Gasteiger charge is 2.22. The summed E-state index contributed by atoms with van der Waals surface area (Å²) in [6.07, 6.45) is 3.31. The second-order valence-corrected chi connectivity index (χ2v) is 10.1. The lowest BCUT2D eigenvalue weighted by Crippen LogP contribution is -2.48. The minimum Gasteiger partial charge on any atom is -0.411 e. The first-order valence-electron chi connectivity index (χ1n) is 11.6. The third kappa shape index (κ3) is 6.36. The van der Waals surface area contributed by atoms with Crippen molar-refractivity contribution in [1.82, 2.24) is 20.1 Å². The van der Waals surface area contributed by atoms with E-state index < -0.39 is 0 Å². The number of benzene rings is 2. The molecule has 4 aromatic rings. The van der Waals surface area contributed by atoms with Gasteiger partial charge in [-0.05, 0) is 54.6 Å². The molecule has 0 bridgehead atoms. The van der Waals surface area contributed by atoms with Crippen LogP contribution in [0.25, 0.3) is 11.5 Å². The predicted molar refractivity (Wildman–Crippen MR) is 146 cm³/mol. The Labute approximate surface area is 226 Å². The molecule has 0 atom stereocenters. The zero-order chi connectivity index (χ0) is 25.6. The van der Waals surface area contributed by atoms with E-state index in [0.29, 0.717) is 35.5 Å². The number of halogens is 1. The molecule has 0 unspecified atom stereocenters. The van der Waals surface area contributed by atoms with Gasteiger partial charge >= 0.3 is 0 Å². The number of carbonyl (C=O) groups is 2. The second-order valence-electron chi connectivity index (χ2n) is 8.29. The highest BCUT2D eigenvalue weighted by Crippen LogP contribution is 2.24. The molecule has 1 aliphatic rings. The number of piperazine rings is 1. The molecule has 5 rings (SSSR count). The van der Waals surface area contributed by atoms with Gasteiger partial charge in [0.05, 0.1) is 11.3 Å². The zero-order valence-corrected chi connectivity index (χ0v) is 22.1. The molecule has 37 heavy (non-hydrogen) atoms. The normalized spacial score (nSPS) is 13.4. The van der Waals surface area contributed by atoms with Crippen LogP contribution in [-0.2, 0) is 4.79 Å². The number of anilines is 2. The molecule has 0 saturated carbocycles. The molecule has 2 aromatic heterocycles. The van der Waals surface area contributed by atoms with E-state index in [-0.39, 0.29) is 17.6 Å². The van der Waals surface area contributed by atoms with E-state index in [1.54, 1.807) is 18.5 Å². The van der Waals surface area contributed by atoms with E-state index in [1.165, 1.54) is 11.8 Å². The molecule has 2 amide bonds. The fourth-order valence-electron chi connectivity index (χ4n) is 3.93. The molecule has 1 fully saturated rings. The average Bonchev–Trinajstić information content (AvgIpc) is 3.42. The summed E-state index contributed by atoms with van der Waals surface area (Å²) in [5, 5.41) is 11.2. The Kier molecular flexibility index (Phi) is 7.81. The lowest BCUT2D eigenvalue weighted by Gasteiger charge is -2.36. The highest BCUT2D eigenvalue weighted by atomic mass is 79.9. The molecule has 9 nitrogen and oxygen atoms in total. The van der Waals surface area contributed by atoms with Crippen LogP contribution < -0.4 is 10.2 Å². The summed E-state index contributed by atoms with van der Waals surface area (Å²) in [5.41, 5.74) is 3.17. The van der Waals surface area contributed by atoms with Gasteiger partial charge in [-0.1, -0.05) is 33.8 Å². The molecule has 2 aromatic carbocycles. The predicted octanol–water partition coefficient (Wildman–Crippen LogP) is 4.59. The monoisotopic (exact) mass is 578 g/mol. The van der Waals surface area contributed by atoms with Crippen molar-refractivity contribution < 1.29 is 14.0 Å². The first kappa shape index (κ1) is 25.0. The van der Waals surface area contributed by atoms with Crippen molar-refractivity contribution in [3.63, 3.8) is 0 Å². The third-order valence-corrected chi connectivity index (χ3v) is 7.11. The number of hydrogen-bond donors (Lipinski definition) is 1. The van der Waals surface area contributed by atoms with Crippen LogP contribution in [0, 0.1) is 0 Å². The van der Waals surface area contributed by atoms with Gasteiger partial charge < -0.3 is 19.5 Å². The number of hydrogen-bond acceptors (Lipinski definition) is 8. The number of carbonyl (C=O) groups excluding carboxylic acids is 2. The summed E-state index contributed by atoms with van der Waals surface area (Å²) in [7, 11) is 0. The topological polar surface area (TPSA) is 104 Å². The number of nitrogens with zero attached hydrogens (tertiary/aromatic N) is 5. The van der Waals surface area contributed by atoms with Gasteiger partial charge in [-0.15, -0.1) is 10.2 Å². The van der Waals surface area contributed by atoms with E-state index in [1.807, 2.05) is 59.5 Å². The van der Waals surface area contributed by atoms with Gasteiger partial charge in [-0.3, -0.25) is 14.6 Å². The summed E-state index contributed by atoms with van der Waals surface area (Å²) in [6.45, 7) is 2.79. The van der Waals surface area contributed by atoms with Gasteiger partial charge in [-0.25, -0.2) is 0 Å². The van der Waals surface area contributed by atoms with E-state index in [2.05, 4.69) is 41.3 Å². The van der Waals surface area contributed by atoms with Crippen molar-refractivity contribution in [2.45, 2.75) is 5.22 Å². The van der Waals surface area contributed by atoms with Crippen molar-refractivity contribution in [2.75, 3.05) is 42.1 Å². The Morgan fingerprint density at radius 2 is 1.81 bits per heavy atom. The fraction of sp³-hybridized carbons (Fsp3) is 0.192. The van der Waals surface area contributed by atoms with Crippen molar-refractivity contribution >= 4 is 50.9 Å². The number of rotatable bonds is 7. The Hall–Kier alpha value is -3.70. The largest absolute Gasteiger partial charge is 0.411 e. The Morgan fingerprint density at radius 3 is 2.54 bits per heavy atom. The van der Waals surface area contributed by atoms with Crippen LogP contribution in [0.4, 0.5) is 11.4 Å². The van der Waals surface area contributed by atoms with Gasteiger partial charge in [0, 0.05) is 60.0 Å². The average molecular weight is 579 g/mol. The van der Waals surface area contributed by atoms with E-state index in [0.717, 1.165) is 28.8 Å². The molecule has 1 N–H and O–H groups in total. The van der Waals surface area contributed by atoms with Gasteiger partial charge in [0.25, 0.3) is 11.1 Å². The zero-order valence-electron chi connectivity index (χ0n) is 19.7. The van der Waals surface area contributed by atoms with Crippen molar-refractivity contribution in [1.29, 1.82) is 0 Å². The molecule has 11 heteroatoms. The summed E-state index contributed by atoms with van der Waals surface area (Å²) in [6, 6.07) is 18.8. The van der Waals surface area contributed by atoms with Crippen LogP contribution in [0.5, 0.6) is 0 Å². The van der Waals surface area contributed by atoms with Crippen molar-refractivity contribution in [3.8, 4) is 11.5 Å². The van der Waals surface area contributed by atoms with E-state index in [4.69, 9.17) is 4.42 Å². The quantitative estimate of drug-likeness (QED) is 0.317. The van der Waals surface area contributed by atoms with Crippen LogP contribution in [0.1, 0.15) is 10.4 Å². The van der Waals surface area contributed by atoms with Crippen LogP contribution in [0.3, 0.4) is 0 Å². The minimum atomic E-state index is -0.168. The summed E-state index contributed by atoms with van der Waals surface area (Å²) < 4.78 is 6.49. The van der Waals surface area contributed by atoms with E-state index >= 15 is 0 Å². The van der Waals surface area contributed by atoms with Crippen molar-refractivity contribution in [2.24, 2.45) is 0 Å². The van der Waals surface area contributed by atoms with Gasteiger partial charge in [0.1, 0.15) is 0 Å². The first-order chi connectivity index (χ1) is 18.0. The number of aromatic nitrogens is 3. The maximum absolute atomic E-state index is 12.8. The summed E-state index contributed by atoms with van der Waals surface area (Å²) in [5.74, 6) is 0.388. The summed E-state index contributed by atoms with van der Waals surface area (Å²) >= 11 is 4.60. The van der Waals surface area contributed by atoms with Gasteiger partial charge in [0.15, 0.2) is 0 Å². The van der Waals surface area contributed by atoms with Crippen molar-refractivity contribution in [3.05, 3.63) is 83.1 Å². The van der Waals surface area contributed by atoms with Crippen LogP contribution in [0.2, 0.25) is 0 Å². The Bertz CT molecular complexity index is 1370. The SMILES string of the molecule is O=C(CSc1nnc(-c2cccnc2)o1)Nc1ccc(N2CCN(C(=O)c3cccc(Br)c3)CC2)cc1. The Balaban J connectivity index is 1.09. The van der Waals surface area contributed by atoms with E-state index in [9.17, 15) is 9.59 Å². The highest BCUT2D eigenvalue weighted by molar-refractivity contribution is 9.10. The minimum absolute atomic E-state index is 0.0470. The summed E-state index contributed by atoms with van der Waals surface area (Å²) in [4.78, 5) is 33.3. The molecular weight excluding hydrogens is 556 g/mol. The molecular formula is C26H23BrN6O3S. The second kappa shape index (κ2) is 11.6. The standard InChI is InChI=1S/C26H23BrN6O3S/c27-20-5-1-3-18(15-20)25(35)33-13-11-32(12-14-33)22-8-6-21(7-9-22)29-23(34)17-37-26-31-30-24(36-26)19-4-2-10-28-16-19/h1-10,15-16H,11-14,17H2,(H,29,34). The molecule has 0 radical (unpaired) electrons. The molecule has 188 valence electrons. The molecule has 3 heterocycles. The molecule has 0 spiro atoms. The van der Waals surface area contributed by atoms with Crippen LogP contribution in [-0.4, -0.2) is 63.8 Å². The number of nitrogens with one attached hydrogen (secondary N) is 1. The fourth-order valence-corrected chi connectivity index (χ4v) is 4.89. The maximum Gasteiger partial charge on any atom is 0.277 e. The maximum atomic E-state index is 12.8. The molecule has 1 aliphatic heterocycles. The van der Waals surface area contributed by atoms with Gasteiger partial charge in [0.2, 0.25) is 11.8 Å². The number of amides is 2. The smallest absolute Gasteiger partial charge is 0.277 e. The van der Waals surface area contributed by atoms with Gasteiger partial charge in [-0.2, -0.15) is 0 Å². The Morgan fingerprint density at radius 1 is 1.00 bits per heavy atom. The molecule has 1 saturated heterocycles.